The number of nitrogens with one attached hydrogen (secondary N) is 2. The molecule has 0 aliphatic carbocycles. The number of alkyl halides is 3. The highest BCUT2D eigenvalue weighted by molar-refractivity contribution is 5.81. The molecule has 27 heavy (non-hydrogen) atoms. The maximum Gasteiger partial charge on any atom is 0.471 e. The highest BCUT2D eigenvalue weighted by Gasteiger charge is 2.40. The SMILES string of the molecule is CC(C)(C)OC(=O)N1C(C2CCNCC2)=CC=CC1CNC(=O)C(F)(F)F. The van der Waals surface area contributed by atoms with Crippen molar-refractivity contribution in [3.05, 3.63) is 23.9 Å². The summed E-state index contributed by atoms with van der Waals surface area (Å²) in [6, 6.07) is -0.749. The van der Waals surface area contributed by atoms with Gasteiger partial charge in [0.1, 0.15) is 5.60 Å². The van der Waals surface area contributed by atoms with Crippen LogP contribution in [-0.2, 0) is 9.53 Å². The summed E-state index contributed by atoms with van der Waals surface area (Å²) in [5.74, 6) is -1.94. The van der Waals surface area contributed by atoms with Gasteiger partial charge in [-0.05, 0) is 52.8 Å². The van der Waals surface area contributed by atoms with Crippen LogP contribution >= 0.6 is 0 Å². The quantitative estimate of drug-likeness (QED) is 0.779. The lowest BCUT2D eigenvalue weighted by atomic mass is 9.91. The Labute approximate surface area is 156 Å². The summed E-state index contributed by atoms with van der Waals surface area (Å²) in [6.45, 7) is 6.40. The predicted octanol–water partition coefficient (Wildman–Crippen LogP) is 2.72. The summed E-state index contributed by atoms with van der Waals surface area (Å²) in [5, 5.41) is 5.10. The van der Waals surface area contributed by atoms with Gasteiger partial charge in [-0.15, -0.1) is 0 Å². The molecule has 0 aromatic heterocycles. The Bertz CT molecular complexity index is 618. The number of amides is 2. The van der Waals surface area contributed by atoms with Crippen molar-refractivity contribution in [3.8, 4) is 0 Å². The normalized spacial score (nSPS) is 21.6. The van der Waals surface area contributed by atoms with E-state index in [-0.39, 0.29) is 12.5 Å². The van der Waals surface area contributed by atoms with Gasteiger partial charge in [-0.1, -0.05) is 12.2 Å². The van der Waals surface area contributed by atoms with Crippen LogP contribution in [0.4, 0.5) is 18.0 Å². The molecular formula is C18H26F3N3O3. The minimum absolute atomic E-state index is 0.0875. The first-order valence-electron chi connectivity index (χ1n) is 8.95. The van der Waals surface area contributed by atoms with Gasteiger partial charge in [0.15, 0.2) is 0 Å². The van der Waals surface area contributed by atoms with Crippen LogP contribution in [0.1, 0.15) is 33.6 Å². The number of hydrogen-bond donors (Lipinski definition) is 2. The molecule has 0 radical (unpaired) electrons. The molecule has 9 heteroatoms. The third kappa shape index (κ3) is 5.98. The van der Waals surface area contributed by atoms with E-state index in [1.807, 2.05) is 5.32 Å². The topological polar surface area (TPSA) is 70.7 Å². The lowest BCUT2D eigenvalue weighted by Gasteiger charge is -2.39. The van der Waals surface area contributed by atoms with E-state index in [9.17, 15) is 22.8 Å². The van der Waals surface area contributed by atoms with E-state index < -0.39 is 29.8 Å². The zero-order valence-corrected chi connectivity index (χ0v) is 15.7. The molecule has 0 aromatic carbocycles. The lowest BCUT2D eigenvalue weighted by molar-refractivity contribution is -0.173. The Kier molecular flexibility index (Phi) is 6.56. The second-order valence-electron chi connectivity index (χ2n) is 7.63. The third-order valence-electron chi connectivity index (χ3n) is 4.29. The smallest absolute Gasteiger partial charge is 0.443 e. The van der Waals surface area contributed by atoms with Crippen LogP contribution in [0.15, 0.2) is 23.9 Å². The van der Waals surface area contributed by atoms with Gasteiger partial charge >= 0.3 is 18.2 Å². The van der Waals surface area contributed by atoms with Crippen LogP contribution in [0.25, 0.3) is 0 Å². The highest BCUT2D eigenvalue weighted by atomic mass is 19.4. The molecule has 1 unspecified atom stereocenters. The molecule has 2 amide bonds. The zero-order valence-electron chi connectivity index (χ0n) is 15.7. The molecule has 0 saturated carbocycles. The minimum atomic E-state index is -4.97. The number of ether oxygens (including phenoxy) is 1. The van der Waals surface area contributed by atoms with E-state index in [0.29, 0.717) is 5.70 Å². The van der Waals surface area contributed by atoms with Gasteiger partial charge < -0.3 is 15.4 Å². The molecule has 1 atom stereocenters. The molecule has 1 fully saturated rings. The molecule has 2 N–H and O–H groups in total. The standard InChI is InChI=1S/C18H26F3N3O3/c1-17(2,3)27-16(26)24-13(11-23-15(25)18(19,20)21)5-4-6-14(24)12-7-9-22-10-8-12/h4-6,12-13,22H,7-11H2,1-3H3,(H,23,25). The third-order valence-corrected chi connectivity index (χ3v) is 4.29. The Morgan fingerprint density at radius 2 is 1.89 bits per heavy atom. The number of allylic oxidation sites excluding steroid dienone is 3. The van der Waals surface area contributed by atoms with E-state index >= 15 is 0 Å². The van der Waals surface area contributed by atoms with Crippen molar-refractivity contribution in [1.29, 1.82) is 0 Å². The summed E-state index contributed by atoms with van der Waals surface area (Å²) in [5.41, 5.74) is -0.0449. The largest absolute Gasteiger partial charge is 0.471 e. The van der Waals surface area contributed by atoms with Crippen molar-refractivity contribution < 1.29 is 27.5 Å². The predicted molar refractivity (Wildman–Crippen MR) is 93.7 cm³/mol. The van der Waals surface area contributed by atoms with Crippen LogP contribution in [-0.4, -0.2) is 54.4 Å². The minimum Gasteiger partial charge on any atom is -0.443 e. The summed E-state index contributed by atoms with van der Waals surface area (Å²) in [4.78, 5) is 25.3. The van der Waals surface area contributed by atoms with Crippen molar-refractivity contribution in [2.45, 2.75) is 51.4 Å². The number of nitrogens with zero attached hydrogens (tertiary/aromatic N) is 1. The average molecular weight is 389 g/mol. The molecule has 2 aliphatic heterocycles. The summed E-state index contributed by atoms with van der Waals surface area (Å²) < 4.78 is 43.0. The maximum absolute atomic E-state index is 12.8. The Balaban J connectivity index is 2.20. The monoisotopic (exact) mass is 389 g/mol. The van der Waals surface area contributed by atoms with Gasteiger partial charge in [0.25, 0.3) is 0 Å². The molecule has 0 bridgehead atoms. The van der Waals surface area contributed by atoms with Gasteiger partial charge in [0.2, 0.25) is 0 Å². The molecule has 2 aliphatic rings. The molecule has 152 valence electrons. The number of rotatable bonds is 3. The zero-order chi connectivity index (χ0) is 20.2. The van der Waals surface area contributed by atoms with E-state index in [2.05, 4.69) is 5.32 Å². The molecule has 6 nitrogen and oxygen atoms in total. The summed E-state index contributed by atoms with van der Waals surface area (Å²) in [7, 11) is 0. The molecular weight excluding hydrogens is 363 g/mol. The number of piperidine rings is 1. The van der Waals surface area contributed by atoms with Crippen LogP contribution in [0, 0.1) is 5.92 Å². The van der Waals surface area contributed by atoms with Crippen LogP contribution in [0.2, 0.25) is 0 Å². The van der Waals surface area contributed by atoms with Gasteiger partial charge in [-0.2, -0.15) is 13.2 Å². The second-order valence-corrected chi connectivity index (χ2v) is 7.63. The first kappa shape index (κ1) is 21.3. The Hall–Kier alpha value is -2.03. The number of carbonyl (C=O) groups excluding carboxylic acids is 2. The first-order valence-corrected chi connectivity index (χ1v) is 8.95. The molecule has 1 saturated heterocycles. The van der Waals surface area contributed by atoms with Gasteiger partial charge in [0.05, 0.1) is 6.04 Å². The molecule has 2 heterocycles. The fourth-order valence-corrected chi connectivity index (χ4v) is 3.10. The fourth-order valence-electron chi connectivity index (χ4n) is 3.10. The Morgan fingerprint density at radius 1 is 1.26 bits per heavy atom. The second kappa shape index (κ2) is 8.33. The first-order chi connectivity index (χ1) is 12.5. The summed E-state index contributed by atoms with van der Waals surface area (Å²) >= 11 is 0. The number of halogens is 3. The van der Waals surface area contributed by atoms with Crippen molar-refractivity contribution in [2.75, 3.05) is 19.6 Å². The number of hydrogen-bond acceptors (Lipinski definition) is 4. The van der Waals surface area contributed by atoms with E-state index in [1.54, 1.807) is 39.0 Å². The molecule has 2 rings (SSSR count). The van der Waals surface area contributed by atoms with Gasteiger partial charge in [-0.3, -0.25) is 9.69 Å². The average Bonchev–Trinajstić information content (AvgIpc) is 2.57. The van der Waals surface area contributed by atoms with E-state index in [0.717, 1.165) is 25.9 Å². The highest BCUT2D eigenvalue weighted by Crippen LogP contribution is 2.30. The van der Waals surface area contributed by atoms with Crippen LogP contribution < -0.4 is 10.6 Å². The Morgan fingerprint density at radius 3 is 2.44 bits per heavy atom. The van der Waals surface area contributed by atoms with Crippen molar-refractivity contribution in [1.82, 2.24) is 15.5 Å². The van der Waals surface area contributed by atoms with E-state index in [1.165, 1.54) is 4.90 Å². The lowest BCUT2D eigenvalue weighted by Crippen LogP contribution is -2.51. The fraction of sp³-hybridized carbons (Fsp3) is 0.667. The van der Waals surface area contributed by atoms with Crippen molar-refractivity contribution in [2.24, 2.45) is 5.92 Å². The van der Waals surface area contributed by atoms with Crippen molar-refractivity contribution in [3.63, 3.8) is 0 Å². The number of carbonyl (C=O) groups is 2. The van der Waals surface area contributed by atoms with Gasteiger partial charge in [0, 0.05) is 18.2 Å². The molecule has 0 spiro atoms. The van der Waals surface area contributed by atoms with Gasteiger partial charge in [-0.25, -0.2) is 4.79 Å². The van der Waals surface area contributed by atoms with Crippen molar-refractivity contribution >= 4 is 12.0 Å². The van der Waals surface area contributed by atoms with Crippen LogP contribution in [0.3, 0.4) is 0 Å². The maximum atomic E-state index is 12.8. The van der Waals surface area contributed by atoms with E-state index in [4.69, 9.17) is 4.74 Å². The van der Waals surface area contributed by atoms with Crippen LogP contribution in [0.5, 0.6) is 0 Å². The summed E-state index contributed by atoms with van der Waals surface area (Å²) in [6.07, 6.45) is 1.10. The molecule has 0 aromatic rings.